The van der Waals surface area contributed by atoms with Gasteiger partial charge in [0, 0.05) is 12.6 Å². The van der Waals surface area contributed by atoms with Gasteiger partial charge in [-0.1, -0.05) is 57.2 Å². The number of hydrogen-bond acceptors (Lipinski definition) is 4. The molecule has 0 unspecified atom stereocenters. The van der Waals surface area contributed by atoms with E-state index in [1.165, 1.54) is 11.6 Å². The maximum absolute atomic E-state index is 11.9. The van der Waals surface area contributed by atoms with Crippen molar-refractivity contribution in [3.8, 4) is 5.75 Å². The van der Waals surface area contributed by atoms with Crippen LogP contribution < -0.4 is 4.74 Å². The van der Waals surface area contributed by atoms with Crippen molar-refractivity contribution in [3.05, 3.63) is 71.3 Å². The number of carbonyl (C=O) groups is 1. The first-order valence-electron chi connectivity index (χ1n) is 10.0. The molecular weight excluding hydrogens is 350 g/mol. The van der Waals surface area contributed by atoms with Crippen LogP contribution in [0.25, 0.3) is 6.08 Å². The normalized spacial score (nSPS) is 11.1. The van der Waals surface area contributed by atoms with Crippen LogP contribution in [-0.2, 0) is 22.7 Å². The predicted octanol–water partition coefficient (Wildman–Crippen LogP) is 5.07. The van der Waals surface area contributed by atoms with Crippen molar-refractivity contribution < 1.29 is 14.3 Å². The minimum Gasteiger partial charge on any atom is -0.494 e. The van der Waals surface area contributed by atoms with Gasteiger partial charge >= 0.3 is 5.97 Å². The highest BCUT2D eigenvalue weighted by Crippen LogP contribution is 2.14. The van der Waals surface area contributed by atoms with E-state index in [1.54, 1.807) is 6.08 Å². The van der Waals surface area contributed by atoms with Gasteiger partial charge in [-0.3, -0.25) is 4.90 Å². The van der Waals surface area contributed by atoms with Crippen LogP contribution in [0.2, 0.25) is 0 Å². The van der Waals surface area contributed by atoms with Crippen LogP contribution in [0, 0.1) is 0 Å². The van der Waals surface area contributed by atoms with Gasteiger partial charge in [0.1, 0.15) is 12.4 Å². The summed E-state index contributed by atoms with van der Waals surface area (Å²) < 4.78 is 10.9. The molecule has 0 spiro atoms. The first kappa shape index (κ1) is 21.7. The molecule has 2 aromatic carbocycles. The summed E-state index contributed by atoms with van der Waals surface area (Å²) in [4.78, 5) is 14.3. The fourth-order valence-corrected chi connectivity index (χ4v) is 2.71. The molecule has 0 aliphatic rings. The molecule has 0 N–H and O–H groups in total. The molecule has 0 bridgehead atoms. The van der Waals surface area contributed by atoms with E-state index < -0.39 is 0 Å². The van der Waals surface area contributed by atoms with Crippen LogP contribution in [-0.4, -0.2) is 30.6 Å². The summed E-state index contributed by atoms with van der Waals surface area (Å²) in [5.74, 6) is 0.490. The van der Waals surface area contributed by atoms with E-state index >= 15 is 0 Å². The van der Waals surface area contributed by atoms with Gasteiger partial charge in [-0.25, -0.2) is 4.79 Å². The van der Waals surface area contributed by atoms with Gasteiger partial charge in [-0.2, -0.15) is 0 Å². The maximum atomic E-state index is 11.9. The molecule has 0 atom stereocenters. The number of esters is 1. The van der Waals surface area contributed by atoms with Gasteiger partial charge in [0.2, 0.25) is 0 Å². The van der Waals surface area contributed by atoms with Crippen molar-refractivity contribution in [2.75, 3.05) is 19.7 Å². The van der Waals surface area contributed by atoms with Crippen LogP contribution in [0.3, 0.4) is 0 Å². The summed E-state index contributed by atoms with van der Waals surface area (Å²) in [6.07, 6.45) is 4.18. The fraction of sp³-hybridized carbons (Fsp3) is 0.375. The maximum Gasteiger partial charge on any atom is 0.331 e. The van der Waals surface area contributed by atoms with Crippen LogP contribution in [0.4, 0.5) is 0 Å². The van der Waals surface area contributed by atoms with Gasteiger partial charge in [0.25, 0.3) is 0 Å². The molecule has 2 aromatic rings. The van der Waals surface area contributed by atoms with E-state index in [-0.39, 0.29) is 12.6 Å². The number of rotatable bonds is 11. The summed E-state index contributed by atoms with van der Waals surface area (Å²) in [7, 11) is 0. The second kappa shape index (κ2) is 12.0. The first-order valence-corrected chi connectivity index (χ1v) is 10.0. The number of hydrogen-bond donors (Lipinski definition) is 0. The second-order valence-electron chi connectivity index (χ2n) is 6.64. The third-order valence-corrected chi connectivity index (χ3v) is 4.47. The fourth-order valence-electron chi connectivity index (χ4n) is 2.71. The molecule has 0 radical (unpaired) electrons. The third-order valence-electron chi connectivity index (χ3n) is 4.47. The minimum absolute atomic E-state index is 0.276. The summed E-state index contributed by atoms with van der Waals surface area (Å²) in [5, 5.41) is 0. The van der Waals surface area contributed by atoms with Crippen molar-refractivity contribution in [1.82, 2.24) is 4.90 Å². The van der Waals surface area contributed by atoms with Crippen LogP contribution in [0.1, 0.15) is 43.9 Å². The molecule has 0 heterocycles. The summed E-state index contributed by atoms with van der Waals surface area (Å²) in [6.45, 7) is 10.4. The summed E-state index contributed by atoms with van der Waals surface area (Å²) in [5.41, 5.74) is 3.19. The number of carbonyl (C=O) groups excluding carboxylic acids is 1. The molecule has 0 aliphatic heterocycles. The topological polar surface area (TPSA) is 38.8 Å². The molecule has 0 amide bonds. The zero-order valence-electron chi connectivity index (χ0n) is 17.2. The monoisotopic (exact) mass is 381 g/mol. The van der Waals surface area contributed by atoms with E-state index in [4.69, 9.17) is 9.47 Å². The molecule has 0 aromatic heterocycles. The molecule has 28 heavy (non-hydrogen) atoms. The lowest BCUT2D eigenvalue weighted by Gasteiger charge is -2.18. The van der Waals surface area contributed by atoms with Gasteiger partial charge < -0.3 is 9.47 Å². The number of nitrogens with zero attached hydrogens (tertiary/aromatic N) is 1. The molecule has 0 saturated carbocycles. The van der Waals surface area contributed by atoms with Crippen molar-refractivity contribution in [1.29, 1.82) is 0 Å². The Hall–Kier alpha value is -2.59. The molecule has 4 nitrogen and oxygen atoms in total. The minimum atomic E-state index is -0.349. The molecule has 0 aliphatic carbocycles. The van der Waals surface area contributed by atoms with Crippen molar-refractivity contribution in [2.24, 2.45) is 0 Å². The second-order valence-corrected chi connectivity index (χ2v) is 6.64. The first-order chi connectivity index (χ1) is 13.6. The van der Waals surface area contributed by atoms with E-state index in [0.29, 0.717) is 6.61 Å². The molecule has 0 fully saturated rings. The van der Waals surface area contributed by atoms with E-state index in [0.717, 1.165) is 42.9 Å². The van der Waals surface area contributed by atoms with Gasteiger partial charge in [0.05, 0.1) is 6.61 Å². The quantitative estimate of drug-likeness (QED) is 0.402. The molecular formula is C24H31NO3. The lowest BCUT2D eigenvalue weighted by Crippen LogP contribution is -2.22. The zero-order chi connectivity index (χ0) is 20.2. The van der Waals surface area contributed by atoms with E-state index in [9.17, 15) is 4.79 Å². The Bertz CT molecular complexity index is 731. The van der Waals surface area contributed by atoms with Crippen LogP contribution in [0.15, 0.2) is 54.6 Å². The van der Waals surface area contributed by atoms with Crippen molar-refractivity contribution in [2.45, 2.75) is 40.3 Å². The Morgan fingerprint density at radius 2 is 1.57 bits per heavy atom. The zero-order valence-corrected chi connectivity index (χ0v) is 17.2. The average Bonchev–Trinajstić information content (AvgIpc) is 2.74. The Balaban J connectivity index is 1.79. The van der Waals surface area contributed by atoms with Gasteiger partial charge in [-0.05, 0) is 54.4 Å². The molecule has 0 saturated heterocycles. The largest absolute Gasteiger partial charge is 0.494 e. The van der Waals surface area contributed by atoms with Crippen molar-refractivity contribution in [3.63, 3.8) is 0 Å². The highest BCUT2D eigenvalue weighted by molar-refractivity contribution is 5.87. The van der Waals surface area contributed by atoms with Crippen molar-refractivity contribution >= 4 is 12.0 Å². The highest BCUT2D eigenvalue weighted by Gasteiger charge is 2.03. The SMILES string of the molecule is CCCOc1ccc(/C=C/C(=O)OCc2ccc(CN(CC)CC)cc2)cc1. The van der Waals surface area contributed by atoms with E-state index in [1.807, 2.05) is 36.4 Å². The number of benzene rings is 2. The standard InChI is InChI=1S/C24H31NO3/c1-4-17-27-23-14-11-20(12-15-23)13-16-24(26)28-19-22-9-7-21(8-10-22)18-25(5-2)6-3/h7-16H,4-6,17-19H2,1-3H3/b16-13+. The highest BCUT2D eigenvalue weighted by atomic mass is 16.5. The Morgan fingerprint density at radius 1 is 0.929 bits per heavy atom. The summed E-state index contributed by atoms with van der Waals surface area (Å²) >= 11 is 0. The van der Waals surface area contributed by atoms with Gasteiger partial charge in [-0.15, -0.1) is 0 Å². The third kappa shape index (κ3) is 7.57. The lowest BCUT2D eigenvalue weighted by atomic mass is 10.1. The lowest BCUT2D eigenvalue weighted by molar-refractivity contribution is -0.138. The van der Waals surface area contributed by atoms with Crippen LogP contribution >= 0.6 is 0 Å². The smallest absolute Gasteiger partial charge is 0.331 e. The average molecular weight is 382 g/mol. The Labute approximate surface area is 168 Å². The molecule has 4 heteroatoms. The molecule has 150 valence electrons. The Morgan fingerprint density at radius 3 is 2.18 bits per heavy atom. The van der Waals surface area contributed by atoms with Gasteiger partial charge in [0.15, 0.2) is 0 Å². The summed E-state index contributed by atoms with van der Waals surface area (Å²) in [6, 6.07) is 15.9. The van der Waals surface area contributed by atoms with E-state index in [2.05, 4.69) is 37.8 Å². The predicted molar refractivity (Wildman–Crippen MR) is 114 cm³/mol. The Kier molecular flexibility index (Phi) is 9.29. The molecule has 2 rings (SSSR count). The van der Waals surface area contributed by atoms with Crippen LogP contribution in [0.5, 0.6) is 5.75 Å². The number of ether oxygens (including phenoxy) is 2.